The average Bonchev–Trinajstić information content (AvgIpc) is 2.16. The van der Waals surface area contributed by atoms with E-state index in [-0.39, 0.29) is 17.5 Å². The number of hydrogen-bond acceptors (Lipinski definition) is 3. The van der Waals surface area contributed by atoms with Gasteiger partial charge in [-0.2, -0.15) is 0 Å². The number of aliphatic hydroxyl groups excluding tert-OH is 1. The van der Waals surface area contributed by atoms with Gasteiger partial charge in [0.15, 0.2) is 0 Å². The Kier molecular flexibility index (Phi) is 4.49. The van der Waals surface area contributed by atoms with E-state index in [9.17, 15) is 8.42 Å². The van der Waals surface area contributed by atoms with Crippen molar-refractivity contribution in [3.8, 4) is 0 Å². The Bertz CT molecular complexity index is 471. The lowest BCUT2D eigenvalue weighted by Gasteiger charge is -2.11. The van der Waals surface area contributed by atoms with Gasteiger partial charge in [0, 0.05) is 10.5 Å². The van der Waals surface area contributed by atoms with E-state index in [0.717, 1.165) is 0 Å². The molecule has 1 aromatic carbocycles. The minimum absolute atomic E-state index is 0.146. The summed E-state index contributed by atoms with van der Waals surface area (Å²) in [6, 6.07) is 4.56. The van der Waals surface area contributed by atoms with E-state index in [4.69, 9.17) is 5.11 Å². The Morgan fingerprint density at radius 2 is 2.06 bits per heavy atom. The number of sulfonamides is 1. The molecule has 0 fully saturated rings. The van der Waals surface area contributed by atoms with Crippen LogP contribution in [0.25, 0.3) is 0 Å². The van der Waals surface area contributed by atoms with E-state index < -0.39 is 10.0 Å². The fourth-order valence-electron chi connectivity index (χ4n) is 1.23. The first-order valence-corrected chi connectivity index (χ1v) is 7.06. The third-order valence-corrected chi connectivity index (χ3v) is 4.51. The van der Waals surface area contributed by atoms with Crippen LogP contribution in [0.3, 0.4) is 0 Å². The molecule has 0 saturated heterocycles. The number of rotatable bonds is 4. The van der Waals surface area contributed by atoms with Gasteiger partial charge < -0.3 is 5.11 Å². The summed E-state index contributed by atoms with van der Waals surface area (Å²) in [5.41, 5.74) is 0.562. The van der Waals surface area contributed by atoms with Crippen molar-refractivity contribution >= 4 is 26.0 Å². The quantitative estimate of drug-likeness (QED) is 0.888. The van der Waals surface area contributed by atoms with Crippen molar-refractivity contribution in [3.63, 3.8) is 0 Å². The number of nitrogens with one attached hydrogen (secondary N) is 1. The van der Waals surface area contributed by atoms with Crippen molar-refractivity contribution in [2.75, 3.05) is 0 Å². The van der Waals surface area contributed by atoms with Gasteiger partial charge in [-0.15, -0.1) is 0 Å². The lowest BCUT2D eigenvalue weighted by molar-refractivity contribution is 0.281. The molecular weight excluding hydrogens is 294 g/mol. The second-order valence-corrected chi connectivity index (χ2v) is 6.24. The van der Waals surface area contributed by atoms with Crippen LogP contribution in [0, 0.1) is 0 Å². The smallest absolute Gasteiger partial charge is 0.241 e. The molecule has 6 heteroatoms. The van der Waals surface area contributed by atoms with E-state index >= 15 is 0 Å². The Morgan fingerprint density at radius 1 is 1.44 bits per heavy atom. The summed E-state index contributed by atoms with van der Waals surface area (Å²) in [6.07, 6.45) is 0. The molecule has 2 N–H and O–H groups in total. The summed E-state index contributed by atoms with van der Waals surface area (Å²) >= 11 is 3.18. The summed E-state index contributed by atoms with van der Waals surface area (Å²) in [5, 5.41) is 8.97. The van der Waals surface area contributed by atoms with Crippen molar-refractivity contribution in [2.45, 2.75) is 31.4 Å². The Hall–Kier alpha value is -0.430. The van der Waals surface area contributed by atoms with Crippen LogP contribution < -0.4 is 4.72 Å². The highest BCUT2D eigenvalue weighted by Crippen LogP contribution is 2.23. The second-order valence-electron chi connectivity index (χ2n) is 3.70. The Balaban J connectivity index is 3.21. The van der Waals surface area contributed by atoms with Crippen molar-refractivity contribution in [2.24, 2.45) is 0 Å². The van der Waals surface area contributed by atoms with E-state index in [0.29, 0.717) is 10.0 Å². The molecule has 0 atom stereocenters. The first-order chi connectivity index (χ1) is 7.36. The molecule has 0 bridgehead atoms. The monoisotopic (exact) mass is 307 g/mol. The summed E-state index contributed by atoms with van der Waals surface area (Å²) < 4.78 is 26.8. The molecule has 1 rings (SSSR count). The zero-order chi connectivity index (χ0) is 12.3. The maximum absolute atomic E-state index is 11.9. The normalized spacial score (nSPS) is 12.1. The fraction of sp³-hybridized carbons (Fsp3) is 0.400. The molecule has 0 radical (unpaired) electrons. The van der Waals surface area contributed by atoms with Gasteiger partial charge >= 0.3 is 0 Å². The third kappa shape index (κ3) is 3.28. The summed E-state index contributed by atoms with van der Waals surface area (Å²) in [5.74, 6) is 0. The van der Waals surface area contributed by atoms with Crippen LogP contribution in [0.4, 0.5) is 0 Å². The molecule has 0 amide bonds. The van der Waals surface area contributed by atoms with Gasteiger partial charge in [-0.3, -0.25) is 0 Å². The summed E-state index contributed by atoms with van der Waals surface area (Å²) in [6.45, 7) is 3.32. The van der Waals surface area contributed by atoms with E-state index in [1.54, 1.807) is 26.0 Å². The van der Waals surface area contributed by atoms with Gasteiger partial charge in [-0.25, -0.2) is 13.1 Å². The summed E-state index contributed by atoms with van der Waals surface area (Å²) in [7, 11) is -3.53. The average molecular weight is 308 g/mol. The number of aliphatic hydroxyl groups is 1. The molecule has 90 valence electrons. The topological polar surface area (TPSA) is 66.4 Å². The zero-order valence-corrected chi connectivity index (χ0v) is 11.5. The molecule has 0 unspecified atom stereocenters. The minimum atomic E-state index is -3.53. The van der Waals surface area contributed by atoms with Crippen LogP contribution in [0.1, 0.15) is 19.4 Å². The van der Waals surface area contributed by atoms with Gasteiger partial charge in [0.25, 0.3) is 0 Å². The first-order valence-electron chi connectivity index (χ1n) is 4.78. The molecule has 0 aliphatic carbocycles. The standard InChI is InChI=1S/C10H14BrNO3S/c1-7(2)12-16(14,15)10-5-8(6-13)3-4-9(10)11/h3-5,7,12-13H,6H2,1-2H3. The van der Waals surface area contributed by atoms with Crippen molar-refractivity contribution in [1.29, 1.82) is 0 Å². The van der Waals surface area contributed by atoms with Crippen LogP contribution in [-0.2, 0) is 16.6 Å². The highest BCUT2D eigenvalue weighted by molar-refractivity contribution is 9.10. The molecule has 0 aliphatic heterocycles. The predicted molar refractivity (Wildman–Crippen MR) is 65.5 cm³/mol. The largest absolute Gasteiger partial charge is 0.392 e. The fourth-order valence-corrected chi connectivity index (χ4v) is 3.49. The zero-order valence-electron chi connectivity index (χ0n) is 9.07. The molecule has 4 nitrogen and oxygen atoms in total. The maximum atomic E-state index is 11.9. The van der Waals surface area contributed by atoms with Gasteiger partial charge in [-0.05, 0) is 47.5 Å². The van der Waals surface area contributed by atoms with E-state index in [2.05, 4.69) is 20.7 Å². The van der Waals surface area contributed by atoms with Gasteiger partial charge in [0.2, 0.25) is 10.0 Å². The Labute approximate surface area is 104 Å². The van der Waals surface area contributed by atoms with Crippen molar-refractivity contribution in [1.82, 2.24) is 4.72 Å². The van der Waals surface area contributed by atoms with E-state index in [1.165, 1.54) is 6.07 Å². The van der Waals surface area contributed by atoms with Crippen molar-refractivity contribution in [3.05, 3.63) is 28.2 Å². The van der Waals surface area contributed by atoms with Gasteiger partial charge in [0.05, 0.1) is 11.5 Å². The molecule has 0 heterocycles. The second kappa shape index (κ2) is 5.27. The van der Waals surface area contributed by atoms with Crippen LogP contribution in [0.15, 0.2) is 27.6 Å². The van der Waals surface area contributed by atoms with Crippen LogP contribution in [0.2, 0.25) is 0 Å². The highest BCUT2D eigenvalue weighted by Gasteiger charge is 2.18. The third-order valence-electron chi connectivity index (χ3n) is 1.86. The molecule has 16 heavy (non-hydrogen) atoms. The Morgan fingerprint density at radius 3 is 2.56 bits per heavy atom. The lowest BCUT2D eigenvalue weighted by atomic mass is 10.2. The molecule has 0 saturated carbocycles. The van der Waals surface area contributed by atoms with Crippen molar-refractivity contribution < 1.29 is 13.5 Å². The first kappa shape index (κ1) is 13.6. The summed E-state index contributed by atoms with van der Waals surface area (Å²) in [4.78, 5) is 0.146. The van der Waals surface area contributed by atoms with E-state index in [1.807, 2.05) is 0 Å². The highest BCUT2D eigenvalue weighted by atomic mass is 79.9. The lowest BCUT2D eigenvalue weighted by Crippen LogP contribution is -2.30. The number of halogens is 1. The van der Waals surface area contributed by atoms with Crippen LogP contribution >= 0.6 is 15.9 Å². The van der Waals surface area contributed by atoms with Crippen LogP contribution in [0.5, 0.6) is 0 Å². The molecule has 0 aromatic heterocycles. The molecule has 1 aromatic rings. The number of benzene rings is 1. The van der Waals surface area contributed by atoms with Gasteiger partial charge in [0.1, 0.15) is 0 Å². The molecular formula is C10H14BrNO3S. The van der Waals surface area contributed by atoms with Gasteiger partial charge in [-0.1, -0.05) is 6.07 Å². The van der Waals surface area contributed by atoms with Crippen LogP contribution in [-0.4, -0.2) is 19.6 Å². The SMILES string of the molecule is CC(C)NS(=O)(=O)c1cc(CO)ccc1Br. The predicted octanol–water partition coefficient (Wildman–Crippen LogP) is 1.63. The maximum Gasteiger partial charge on any atom is 0.241 e. The molecule has 0 aliphatic rings. The number of hydrogen-bond donors (Lipinski definition) is 2. The minimum Gasteiger partial charge on any atom is -0.392 e. The molecule has 0 spiro atoms.